The van der Waals surface area contributed by atoms with E-state index in [9.17, 15) is 0 Å². The van der Waals surface area contributed by atoms with Crippen LogP contribution >= 0.6 is 0 Å². The van der Waals surface area contributed by atoms with Crippen molar-refractivity contribution in [3.63, 3.8) is 0 Å². The standard InChI is InChI=1S/C12H12NOTe/c1-4-5-11-10-8-9(14-3)6-7-12(10)15-13(11)2/h1,6-8H,5H2,2-3H3/q+1. The fourth-order valence-corrected chi connectivity index (χ4v) is 4.39. The van der Waals surface area contributed by atoms with E-state index in [0.717, 1.165) is 5.75 Å². The summed E-state index contributed by atoms with van der Waals surface area (Å²) < 4.78 is 9.01. The molecule has 0 unspecified atom stereocenters. The number of fused-ring (bicyclic) bond motifs is 1. The SMILES string of the molecule is C#CCc1c2cc(OC)ccc2[te][n+]1C. The van der Waals surface area contributed by atoms with Crippen LogP contribution in [0.1, 0.15) is 5.69 Å². The molecule has 1 heterocycles. The topological polar surface area (TPSA) is 13.1 Å². The molecule has 2 nitrogen and oxygen atoms in total. The molecular formula is C12H12NOTe+. The van der Waals surface area contributed by atoms with Gasteiger partial charge in [-0.05, 0) is 0 Å². The molecule has 2 rings (SSSR count). The molecule has 0 saturated heterocycles. The molecule has 1 aromatic heterocycles. The van der Waals surface area contributed by atoms with Crippen molar-refractivity contribution in [3.8, 4) is 18.1 Å². The van der Waals surface area contributed by atoms with Gasteiger partial charge in [0.1, 0.15) is 0 Å². The summed E-state index contributed by atoms with van der Waals surface area (Å²) in [5.41, 5.74) is 1.27. The Kier molecular flexibility index (Phi) is 3.00. The van der Waals surface area contributed by atoms with Crippen LogP contribution in [0.5, 0.6) is 5.75 Å². The molecule has 1 aromatic carbocycles. The molecule has 0 spiro atoms. The molecule has 0 aliphatic rings. The van der Waals surface area contributed by atoms with Crippen LogP contribution in [0, 0.1) is 12.3 Å². The molecule has 0 bridgehead atoms. The van der Waals surface area contributed by atoms with Crippen molar-refractivity contribution >= 4 is 29.5 Å². The van der Waals surface area contributed by atoms with Crippen LogP contribution in [-0.4, -0.2) is 27.8 Å². The number of methoxy groups -OCH3 is 1. The maximum atomic E-state index is 5.38. The fourth-order valence-electron chi connectivity index (χ4n) is 1.62. The molecule has 0 radical (unpaired) electrons. The van der Waals surface area contributed by atoms with Gasteiger partial charge in [-0.15, -0.1) is 0 Å². The van der Waals surface area contributed by atoms with Crippen LogP contribution < -0.4 is 7.53 Å². The van der Waals surface area contributed by atoms with E-state index in [-0.39, 0.29) is 20.7 Å². The van der Waals surface area contributed by atoms with Crippen LogP contribution in [0.3, 0.4) is 0 Å². The van der Waals surface area contributed by atoms with E-state index in [4.69, 9.17) is 11.2 Å². The van der Waals surface area contributed by atoms with Gasteiger partial charge in [0.05, 0.1) is 0 Å². The third-order valence-electron chi connectivity index (χ3n) is 2.38. The molecule has 0 amide bonds. The Hall–Kier alpha value is -0.960. The van der Waals surface area contributed by atoms with Crippen molar-refractivity contribution in [3.05, 3.63) is 23.9 Å². The van der Waals surface area contributed by atoms with Crippen molar-refractivity contribution in [2.24, 2.45) is 7.05 Å². The van der Waals surface area contributed by atoms with Gasteiger partial charge in [-0.25, -0.2) is 0 Å². The van der Waals surface area contributed by atoms with E-state index in [1.807, 2.05) is 6.07 Å². The van der Waals surface area contributed by atoms with Crippen LogP contribution in [0.25, 0.3) is 8.79 Å². The van der Waals surface area contributed by atoms with E-state index in [1.165, 1.54) is 14.5 Å². The first-order valence-corrected chi connectivity index (χ1v) is 6.86. The number of nitrogens with zero attached hydrogens (tertiary/aromatic N) is 1. The molecule has 0 atom stereocenters. The van der Waals surface area contributed by atoms with Gasteiger partial charge in [0.15, 0.2) is 0 Å². The van der Waals surface area contributed by atoms with E-state index in [2.05, 4.69) is 27.9 Å². The molecular weight excluding hydrogens is 302 g/mol. The van der Waals surface area contributed by atoms with Gasteiger partial charge >= 0.3 is 99.6 Å². The second kappa shape index (κ2) is 4.27. The van der Waals surface area contributed by atoms with E-state index in [1.54, 1.807) is 7.11 Å². The average Bonchev–Trinajstić information content (AvgIpc) is 2.55. The molecule has 0 fully saturated rings. The zero-order chi connectivity index (χ0) is 10.8. The monoisotopic (exact) mass is 316 g/mol. The quantitative estimate of drug-likeness (QED) is 0.593. The molecule has 0 aliphatic heterocycles. The summed E-state index contributed by atoms with van der Waals surface area (Å²) in [5.74, 6) is 3.63. The molecule has 3 heteroatoms. The summed E-state index contributed by atoms with van der Waals surface area (Å²) in [6.07, 6.45) is 6.09. The molecule has 2 aromatic rings. The number of rotatable bonds is 2. The third-order valence-corrected chi connectivity index (χ3v) is 5.37. The number of aromatic nitrogens is 1. The summed E-state index contributed by atoms with van der Waals surface area (Å²) in [6.45, 7) is 0. The average molecular weight is 314 g/mol. The van der Waals surface area contributed by atoms with Crippen molar-refractivity contribution in [2.45, 2.75) is 6.42 Å². The fraction of sp³-hybridized carbons (Fsp3) is 0.250. The van der Waals surface area contributed by atoms with Crippen molar-refractivity contribution in [1.82, 2.24) is 0 Å². The normalized spacial score (nSPS) is 10.2. The summed E-state index contributed by atoms with van der Waals surface area (Å²) in [4.78, 5) is 0. The van der Waals surface area contributed by atoms with Gasteiger partial charge in [0.2, 0.25) is 0 Å². The predicted octanol–water partition coefficient (Wildman–Crippen LogP) is 0.906. The first kappa shape index (κ1) is 10.6. The van der Waals surface area contributed by atoms with E-state index < -0.39 is 0 Å². The van der Waals surface area contributed by atoms with Crippen LogP contribution in [0.4, 0.5) is 0 Å². The summed E-state index contributed by atoms with van der Waals surface area (Å²) in [5, 5.41) is 1.29. The number of terminal acetylenes is 1. The first-order chi connectivity index (χ1) is 7.26. The van der Waals surface area contributed by atoms with Crippen molar-refractivity contribution < 1.29 is 7.53 Å². The Morgan fingerprint density at radius 1 is 1.53 bits per heavy atom. The Bertz CT molecular complexity index is 536. The molecule has 15 heavy (non-hydrogen) atoms. The van der Waals surface area contributed by atoms with Crippen LogP contribution in [0.15, 0.2) is 18.2 Å². The number of hydrogen-bond donors (Lipinski definition) is 0. The molecule has 0 N–H and O–H groups in total. The molecule has 0 aliphatic carbocycles. The minimum absolute atomic E-state index is 0.249. The zero-order valence-corrected chi connectivity index (χ0v) is 11.1. The Labute approximate surface area is 99.5 Å². The van der Waals surface area contributed by atoms with Gasteiger partial charge in [-0.2, -0.15) is 0 Å². The third kappa shape index (κ3) is 1.88. The van der Waals surface area contributed by atoms with Gasteiger partial charge < -0.3 is 0 Å². The Morgan fingerprint density at radius 3 is 3.00 bits per heavy atom. The van der Waals surface area contributed by atoms with Crippen LogP contribution in [0.2, 0.25) is 0 Å². The number of hydrogen-bond acceptors (Lipinski definition) is 1. The summed E-state index contributed by atoms with van der Waals surface area (Å²) in [7, 11) is 3.82. The van der Waals surface area contributed by atoms with E-state index in [0.29, 0.717) is 6.42 Å². The molecule has 76 valence electrons. The van der Waals surface area contributed by atoms with E-state index >= 15 is 0 Å². The predicted molar refractivity (Wildman–Crippen MR) is 61.2 cm³/mol. The number of aryl methyl sites for hydroxylation is 1. The first-order valence-electron chi connectivity index (χ1n) is 4.65. The van der Waals surface area contributed by atoms with Gasteiger partial charge in [0, 0.05) is 0 Å². The summed E-state index contributed by atoms with van der Waals surface area (Å²) in [6, 6.07) is 6.28. The van der Waals surface area contributed by atoms with Gasteiger partial charge in [-0.1, -0.05) is 0 Å². The Morgan fingerprint density at radius 2 is 2.33 bits per heavy atom. The zero-order valence-electron chi connectivity index (χ0n) is 8.78. The number of benzene rings is 1. The number of ether oxygens (including phenoxy) is 1. The van der Waals surface area contributed by atoms with Crippen molar-refractivity contribution in [1.29, 1.82) is 0 Å². The minimum atomic E-state index is -0.249. The van der Waals surface area contributed by atoms with Gasteiger partial charge in [0.25, 0.3) is 0 Å². The van der Waals surface area contributed by atoms with Crippen molar-refractivity contribution in [2.75, 3.05) is 7.11 Å². The molecule has 0 saturated carbocycles. The van der Waals surface area contributed by atoms with Gasteiger partial charge in [-0.3, -0.25) is 0 Å². The van der Waals surface area contributed by atoms with Crippen LogP contribution in [-0.2, 0) is 13.5 Å². The second-order valence-electron chi connectivity index (χ2n) is 3.28. The summed E-state index contributed by atoms with van der Waals surface area (Å²) >= 11 is -0.249. The second-order valence-corrected chi connectivity index (χ2v) is 6.62. The maximum absolute atomic E-state index is 5.38. The Balaban J connectivity index is 2.67.